The molecule has 0 radical (unpaired) electrons. The molecule has 18 heavy (non-hydrogen) atoms. The fourth-order valence-electron chi connectivity index (χ4n) is 1.90. The van der Waals surface area contributed by atoms with Crippen molar-refractivity contribution in [3.63, 3.8) is 0 Å². The van der Waals surface area contributed by atoms with E-state index in [-0.39, 0.29) is 5.76 Å². The van der Waals surface area contributed by atoms with Crippen LogP contribution in [0.4, 0.5) is 5.69 Å². The van der Waals surface area contributed by atoms with Gasteiger partial charge < -0.3 is 15.1 Å². The van der Waals surface area contributed by atoms with Gasteiger partial charge in [-0.2, -0.15) is 0 Å². The molecule has 0 fully saturated rings. The molecule has 2 N–H and O–H groups in total. The first-order valence-electron chi connectivity index (χ1n) is 6.20. The Bertz CT molecular complexity index is 571. The third-order valence-corrected chi connectivity index (χ3v) is 2.97. The van der Waals surface area contributed by atoms with Gasteiger partial charge in [0.2, 0.25) is 0 Å². The Morgan fingerprint density at radius 2 is 2.06 bits per heavy atom. The zero-order valence-corrected chi connectivity index (χ0v) is 10.8. The molecule has 1 aromatic heterocycles. The summed E-state index contributed by atoms with van der Waals surface area (Å²) in [6.45, 7) is 1.96. The van der Waals surface area contributed by atoms with E-state index in [0.29, 0.717) is 5.58 Å². The van der Waals surface area contributed by atoms with Gasteiger partial charge in [0.15, 0.2) is 5.58 Å². The molecular formula is C13H19N3O2. The minimum Gasteiger partial charge on any atom is -0.408 e. The van der Waals surface area contributed by atoms with Crippen molar-refractivity contribution in [3.05, 3.63) is 28.7 Å². The minimum absolute atomic E-state index is 0.323. The first-order chi connectivity index (χ1) is 8.72. The topological polar surface area (TPSA) is 59.2 Å². The van der Waals surface area contributed by atoms with Crippen LogP contribution in [0.3, 0.4) is 0 Å². The lowest BCUT2D eigenvalue weighted by Gasteiger charge is -2.05. The summed E-state index contributed by atoms with van der Waals surface area (Å²) in [5, 5.41) is 6.44. The number of aromatic nitrogens is 1. The third-order valence-electron chi connectivity index (χ3n) is 2.97. The van der Waals surface area contributed by atoms with Crippen LogP contribution in [0.25, 0.3) is 11.1 Å². The number of hydrogen-bond acceptors (Lipinski definition) is 4. The minimum atomic E-state index is -0.323. The van der Waals surface area contributed by atoms with Crippen molar-refractivity contribution in [1.82, 2.24) is 9.88 Å². The zero-order chi connectivity index (χ0) is 13.0. The van der Waals surface area contributed by atoms with Crippen LogP contribution >= 0.6 is 0 Å². The highest BCUT2D eigenvalue weighted by Gasteiger charge is 2.05. The number of nitrogens with zero attached hydrogens (tertiary/aromatic N) is 1. The van der Waals surface area contributed by atoms with E-state index >= 15 is 0 Å². The second-order valence-corrected chi connectivity index (χ2v) is 4.35. The van der Waals surface area contributed by atoms with Crippen LogP contribution < -0.4 is 16.4 Å². The quantitative estimate of drug-likeness (QED) is 0.762. The van der Waals surface area contributed by atoms with Crippen molar-refractivity contribution >= 4 is 16.8 Å². The first-order valence-corrected chi connectivity index (χ1v) is 6.20. The number of unbranched alkanes of at least 4 members (excludes halogenated alkanes) is 1. The summed E-state index contributed by atoms with van der Waals surface area (Å²) < 4.78 is 6.65. The number of nitrogens with one attached hydrogen (secondary N) is 2. The second-order valence-electron chi connectivity index (χ2n) is 4.35. The predicted molar refractivity (Wildman–Crippen MR) is 73.1 cm³/mol. The Labute approximate surface area is 106 Å². The van der Waals surface area contributed by atoms with E-state index in [9.17, 15) is 4.79 Å². The molecular weight excluding hydrogens is 230 g/mol. The molecule has 0 aliphatic carbocycles. The van der Waals surface area contributed by atoms with Crippen molar-refractivity contribution in [1.29, 1.82) is 0 Å². The van der Waals surface area contributed by atoms with E-state index < -0.39 is 0 Å². The molecule has 5 heteroatoms. The van der Waals surface area contributed by atoms with Crippen LogP contribution in [-0.4, -0.2) is 24.7 Å². The number of aryl methyl sites for hydroxylation is 1. The number of hydrogen-bond donors (Lipinski definition) is 2. The van der Waals surface area contributed by atoms with Crippen LogP contribution in [0.1, 0.15) is 12.8 Å². The van der Waals surface area contributed by atoms with E-state index in [1.807, 2.05) is 25.2 Å². The van der Waals surface area contributed by atoms with Gasteiger partial charge in [-0.25, -0.2) is 4.79 Å². The number of benzene rings is 1. The van der Waals surface area contributed by atoms with Crippen molar-refractivity contribution < 1.29 is 4.42 Å². The van der Waals surface area contributed by atoms with E-state index in [1.165, 1.54) is 4.57 Å². The molecule has 2 aromatic rings. The Balaban J connectivity index is 2.00. The van der Waals surface area contributed by atoms with Crippen LogP contribution in [0.15, 0.2) is 27.4 Å². The number of oxazole rings is 1. The van der Waals surface area contributed by atoms with E-state index in [0.717, 1.165) is 37.1 Å². The molecule has 2 rings (SSSR count). The number of anilines is 1. The molecule has 0 atom stereocenters. The summed E-state index contributed by atoms with van der Waals surface area (Å²) in [6, 6.07) is 5.74. The molecule has 0 spiro atoms. The van der Waals surface area contributed by atoms with Gasteiger partial charge in [-0.15, -0.1) is 0 Å². The van der Waals surface area contributed by atoms with Crippen LogP contribution in [0.5, 0.6) is 0 Å². The molecule has 5 nitrogen and oxygen atoms in total. The molecule has 1 aromatic carbocycles. The van der Waals surface area contributed by atoms with Gasteiger partial charge in [0.1, 0.15) is 0 Å². The summed E-state index contributed by atoms with van der Waals surface area (Å²) >= 11 is 0. The Kier molecular flexibility index (Phi) is 4.04. The monoisotopic (exact) mass is 249 g/mol. The maximum absolute atomic E-state index is 11.4. The Morgan fingerprint density at radius 3 is 2.83 bits per heavy atom. The van der Waals surface area contributed by atoms with Gasteiger partial charge in [-0.1, -0.05) is 0 Å². The summed E-state index contributed by atoms with van der Waals surface area (Å²) in [7, 11) is 3.66. The lowest BCUT2D eigenvalue weighted by atomic mass is 10.2. The van der Waals surface area contributed by atoms with Gasteiger partial charge in [0.25, 0.3) is 0 Å². The lowest BCUT2D eigenvalue weighted by Crippen LogP contribution is -2.10. The zero-order valence-electron chi connectivity index (χ0n) is 10.8. The maximum Gasteiger partial charge on any atom is 0.419 e. The van der Waals surface area contributed by atoms with Crippen LogP contribution in [0.2, 0.25) is 0 Å². The lowest BCUT2D eigenvalue weighted by molar-refractivity contribution is 0.528. The van der Waals surface area contributed by atoms with Gasteiger partial charge in [-0.05, 0) is 38.6 Å². The Morgan fingerprint density at radius 1 is 1.28 bits per heavy atom. The normalized spacial score (nSPS) is 11.0. The van der Waals surface area contributed by atoms with Crippen LogP contribution in [-0.2, 0) is 7.05 Å². The average molecular weight is 249 g/mol. The Hall–Kier alpha value is -1.75. The van der Waals surface area contributed by atoms with Gasteiger partial charge in [-0.3, -0.25) is 4.57 Å². The van der Waals surface area contributed by atoms with Crippen LogP contribution in [0, 0.1) is 0 Å². The van der Waals surface area contributed by atoms with Gasteiger partial charge >= 0.3 is 5.76 Å². The maximum atomic E-state index is 11.4. The van der Waals surface area contributed by atoms with Crippen molar-refractivity contribution in [2.45, 2.75) is 12.8 Å². The average Bonchev–Trinajstić information content (AvgIpc) is 2.65. The highest BCUT2D eigenvalue weighted by Crippen LogP contribution is 2.17. The molecule has 0 unspecified atom stereocenters. The highest BCUT2D eigenvalue weighted by molar-refractivity contribution is 5.77. The largest absolute Gasteiger partial charge is 0.419 e. The van der Waals surface area contributed by atoms with E-state index in [2.05, 4.69) is 10.6 Å². The molecule has 0 saturated carbocycles. The molecule has 0 bridgehead atoms. The second kappa shape index (κ2) is 5.73. The standard InChI is InChI=1S/C13H19N3O2/c1-14-7-3-4-8-15-10-5-6-11-12(9-10)18-13(17)16(11)2/h5-6,9,14-15H,3-4,7-8H2,1-2H3. The van der Waals surface area contributed by atoms with Gasteiger partial charge in [0.05, 0.1) is 5.52 Å². The SMILES string of the molecule is CNCCCCNc1ccc2c(c1)oc(=O)n2C. The molecule has 98 valence electrons. The predicted octanol–water partition coefficient (Wildman–Crippen LogP) is 1.54. The summed E-state index contributed by atoms with van der Waals surface area (Å²) in [5.41, 5.74) is 2.43. The summed E-state index contributed by atoms with van der Waals surface area (Å²) in [5.74, 6) is -0.323. The van der Waals surface area contributed by atoms with E-state index in [4.69, 9.17) is 4.42 Å². The number of rotatable bonds is 6. The summed E-state index contributed by atoms with van der Waals surface area (Å²) in [6.07, 6.45) is 2.25. The molecule has 0 aliphatic rings. The summed E-state index contributed by atoms with van der Waals surface area (Å²) in [4.78, 5) is 11.4. The van der Waals surface area contributed by atoms with Gasteiger partial charge in [0, 0.05) is 25.3 Å². The molecule has 0 aliphatic heterocycles. The molecule has 0 amide bonds. The highest BCUT2D eigenvalue weighted by atomic mass is 16.4. The van der Waals surface area contributed by atoms with Crippen molar-refractivity contribution in [2.24, 2.45) is 7.05 Å². The third kappa shape index (κ3) is 2.73. The molecule has 0 saturated heterocycles. The van der Waals surface area contributed by atoms with Crippen molar-refractivity contribution in [3.8, 4) is 0 Å². The van der Waals surface area contributed by atoms with E-state index in [1.54, 1.807) is 7.05 Å². The molecule has 1 heterocycles. The smallest absolute Gasteiger partial charge is 0.408 e. The first kappa shape index (κ1) is 12.7. The fraction of sp³-hybridized carbons (Fsp3) is 0.462. The van der Waals surface area contributed by atoms with Crippen molar-refractivity contribution in [2.75, 3.05) is 25.5 Å². The number of fused-ring (bicyclic) bond motifs is 1. The fourth-order valence-corrected chi connectivity index (χ4v) is 1.90.